The molecule has 0 unspecified atom stereocenters. The SMILES string of the molecule is Cc1nnc(NC(=O)NS(=O)(=O)c2ccccc2OC(F)(F)F)nc1C. The Morgan fingerprint density at radius 2 is 1.77 bits per heavy atom. The lowest BCUT2D eigenvalue weighted by molar-refractivity contribution is -0.275. The number of nitrogens with one attached hydrogen (secondary N) is 2. The number of ether oxygens (including phenoxy) is 1. The zero-order chi connectivity index (χ0) is 19.5. The lowest BCUT2D eigenvalue weighted by Crippen LogP contribution is -2.35. The first-order chi connectivity index (χ1) is 12.0. The first-order valence-electron chi connectivity index (χ1n) is 6.84. The maximum atomic E-state index is 12.4. The number of amides is 2. The molecule has 0 radical (unpaired) electrons. The Labute approximate surface area is 145 Å². The molecule has 1 aromatic heterocycles. The average molecular weight is 391 g/mol. The molecule has 2 N–H and O–H groups in total. The van der Waals surface area contributed by atoms with Crippen LogP contribution in [-0.4, -0.2) is 36.0 Å². The molecule has 1 heterocycles. The number of nitrogens with zero attached hydrogens (tertiary/aromatic N) is 3. The molecule has 0 aliphatic carbocycles. The van der Waals surface area contributed by atoms with Crippen LogP contribution in [-0.2, 0) is 10.0 Å². The number of aromatic nitrogens is 3. The van der Waals surface area contributed by atoms with Gasteiger partial charge in [-0.2, -0.15) is 5.10 Å². The molecule has 2 amide bonds. The van der Waals surface area contributed by atoms with Crippen LogP contribution in [0.4, 0.5) is 23.9 Å². The lowest BCUT2D eigenvalue weighted by atomic mass is 10.3. The van der Waals surface area contributed by atoms with E-state index in [0.717, 1.165) is 18.2 Å². The summed E-state index contributed by atoms with van der Waals surface area (Å²) in [6, 6.07) is 2.69. The molecular weight excluding hydrogens is 379 g/mol. The largest absolute Gasteiger partial charge is 0.573 e. The first-order valence-corrected chi connectivity index (χ1v) is 8.33. The van der Waals surface area contributed by atoms with Crippen molar-refractivity contribution in [3.8, 4) is 5.75 Å². The third kappa shape index (κ3) is 5.02. The minimum atomic E-state index is -5.10. The van der Waals surface area contributed by atoms with Gasteiger partial charge in [-0.25, -0.2) is 22.9 Å². The van der Waals surface area contributed by atoms with E-state index in [9.17, 15) is 26.4 Å². The van der Waals surface area contributed by atoms with Crippen LogP contribution in [0.1, 0.15) is 11.4 Å². The molecule has 0 aliphatic rings. The molecule has 26 heavy (non-hydrogen) atoms. The Balaban J connectivity index is 2.20. The summed E-state index contributed by atoms with van der Waals surface area (Å²) in [4.78, 5) is 14.8. The van der Waals surface area contributed by atoms with Crippen LogP contribution >= 0.6 is 0 Å². The van der Waals surface area contributed by atoms with Gasteiger partial charge in [-0.15, -0.1) is 18.3 Å². The quantitative estimate of drug-likeness (QED) is 0.816. The summed E-state index contributed by atoms with van der Waals surface area (Å²) in [6.07, 6.45) is -5.10. The molecule has 0 bridgehead atoms. The van der Waals surface area contributed by atoms with Crippen LogP contribution in [0, 0.1) is 13.8 Å². The number of benzene rings is 1. The van der Waals surface area contributed by atoms with Gasteiger partial charge in [0, 0.05) is 0 Å². The van der Waals surface area contributed by atoms with Crippen molar-refractivity contribution in [2.45, 2.75) is 25.1 Å². The number of hydrogen-bond donors (Lipinski definition) is 2. The van der Waals surface area contributed by atoms with Crippen molar-refractivity contribution < 1.29 is 31.1 Å². The molecule has 0 saturated carbocycles. The maximum absolute atomic E-state index is 12.4. The molecule has 140 valence electrons. The predicted molar refractivity (Wildman–Crippen MR) is 81.8 cm³/mol. The second-order valence-corrected chi connectivity index (χ2v) is 6.51. The number of hydrogen-bond acceptors (Lipinski definition) is 7. The summed E-state index contributed by atoms with van der Waals surface area (Å²) in [7, 11) is -4.66. The number of rotatable bonds is 4. The molecule has 9 nitrogen and oxygen atoms in total. The maximum Gasteiger partial charge on any atom is 0.573 e. The highest BCUT2D eigenvalue weighted by Crippen LogP contribution is 2.29. The molecule has 0 atom stereocenters. The number of para-hydroxylation sites is 1. The molecule has 0 fully saturated rings. The van der Waals surface area contributed by atoms with Crippen molar-refractivity contribution in [2.24, 2.45) is 0 Å². The van der Waals surface area contributed by atoms with Crippen LogP contribution in [0.15, 0.2) is 29.2 Å². The molecule has 13 heteroatoms. The second-order valence-electron chi connectivity index (χ2n) is 4.86. The van der Waals surface area contributed by atoms with Gasteiger partial charge in [0.15, 0.2) is 0 Å². The van der Waals surface area contributed by atoms with Gasteiger partial charge in [-0.1, -0.05) is 12.1 Å². The number of aryl methyl sites for hydroxylation is 2. The zero-order valence-electron chi connectivity index (χ0n) is 13.3. The van der Waals surface area contributed by atoms with Crippen LogP contribution in [0.2, 0.25) is 0 Å². The Morgan fingerprint density at radius 1 is 1.12 bits per heavy atom. The fourth-order valence-corrected chi connectivity index (χ4v) is 2.73. The smallest absolute Gasteiger partial charge is 0.404 e. The highest BCUT2D eigenvalue weighted by atomic mass is 32.2. The van der Waals surface area contributed by atoms with Crippen molar-refractivity contribution >= 4 is 22.0 Å². The van der Waals surface area contributed by atoms with E-state index in [1.807, 2.05) is 5.32 Å². The fourth-order valence-electron chi connectivity index (χ4n) is 1.70. The summed E-state index contributed by atoms with van der Waals surface area (Å²) in [6.45, 7) is 3.22. The van der Waals surface area contributed by atoms with Gasteiger partial charge in [-0.05, 0) is 26.0 Å². The van der Waals surface area contributed by atoms with E-state index in [-0.39, 0.29) is 5.95 Å². The summed E-state index contributed by atoms with van der Waals surface area (Å²) >= 11 is 0. The predicted octanol–water partition coefficient (Wildman–Crippen LogP) is 1.90. The van der Waals surface area contributed by atoms with Crippen LogP contribution < -0.4 is 14.8 Å². The first kappa shape index (κ1) is 19.4. The second kappa shape index (κ2) is 7.11. The van der Waals surface area contributed by atoms with Crippen molar-refractivity contribution in [3.63, 3.8) is 0 Å². The normalized spacial score (nSPS) is 11.7. The minimum absolute atomic E-state index is 0.277. The molecular formula is C13H12F3N5O4S. The lowest BCUT2D eigenvalue weighted by Gasteiger charge is -2.14. The van der Waals surface area contributed by atoms with Gasteiger partial charge in [-0.3, -0.25) is 5.32 Å². The Kier molecular flexibility index (Phi) is 5.30. The molecule has 0 saturated heterocycles. The van der Waals surface area contributed by atoms with Gasteiger partial charge < -0.3 is 4.74 Å². The van der Waals surface area contributed by atoms with Gasteiger partial charge in [0.1, 0.15) is 10.6 Å². The van der Waals surface area contributed by atoms with Crippen LogP contribution in [0.25, 0.3) is 0 Å². The molecule has 2 rings (SSSR count). The standard InChI is InChI=1S/C13H12F3N5O4S/c1-7-8(2)19-20-11(17-7)18-12(22)21-26(23,24)10-6-4-3-5-9(10)25-13(14,15)16/h3-6H,1-2H3,(H2,17,18,20,21,22). The summed E-state index contributed by atoms with van der Waals surface area (Å²) < 4.78 is 66.7. The van der Waals surface area contributed by atoms with E-state index in [4.69, 9.17) is 0 Å². The van der Waals surface area contributed by atoms with Crippen LogP contribution in [0.5, 0.6) is 5.75 Å². The summed E-state index contributed by atoms with van der Waals surface area (Å²) in [5.74, 6) is -1.26. The van der Waals surface area contributed by atoms with Crippen molar-refractivity contribution in [1.82, 2.24) is 19.9 Å². The van der Waals surface area contributed by atoms with E-state index in [0.29, 0.717) is 11.4 Å². The van der Waals surface area contributed by atoms with Gasteiger partial charge in [0.05, 0.1) is 11.4 Å². The summed E-state index contributed by atoms with van der Waals surface area (Å²) in [5.41, 5.74) is 0.948. The number of sulfonamides is 1. The number of carbonyl (C=O) groups is 1. The Morgan fingerprint density at radius 3 is 2.38 bits per heavy atom. The van der Waals surface area contributed by atoms with Crippen molar-refractivity contribution in [3.05, 3.63) is 35.7 Å². The monoisotopic (exact) mass is 391 g/mol. The van der Waals surface area contributed by atoms with E-state index in [1.54, 1.807) is 18.6 Å². The third-order valence-electron chi connectivity index (χ3n) is 2.91. The number of halogens is 3. The number of alkyl halides is 3. The fraction of sp³-hybridized carbons (Fsp3) is 0.231. The highest BCUT2D eigenvalue weighted by molar-refractivity contribution is 7.90. The third-order valence-corrected chi connectivity index (χ3v) is 4.28. The Hall–Kier alpha value is -2.96. The molecule has 2 aromatic rings. The van der Waals surface area contributed by atoms with E-state index >= 15 is 0 Å². The van der Waals surface area contributed by atoms with Crippen molar-refractivity contribution in [1.29, 1.82) is 0 Å². The number of carbonyl (C=O) groups excluding carboxylic acids is 1. The number of urea groups is 1. The van der Waals surface area contributed by atoms with E-state index in [1.165, 1.54) is 6.07 Å². The average Bonchev–Trinajstić information content (AvgIpc) is 2.49. The van der Waals surface area contributed by atoms with Gasteiger partial charge in [0.2, 0.25) is 0 Å². The van der Waals surface area contributed by atoms with Crippen molar-refractivity contribution in [2.75, 3.05) is 5.32 Å². The molecule has 0 spiro atoms. The zero-order valence-corrected chi connectivity index (χ0v) is 14.1. The summed E-state index contributed by atoms with van der Waals surface area (Å²) in [5, 5.41) is 9.26. The topological polar surface area (TPSA) is 123 Å². The Bertz CT molecular complexity index is 934. The molecule has 0 aliphatic heterocycles. The van der Waals surface area contributed by atoms with Crippen LogP contribution in [0.3, 0.4) is 0 Å². The van der Waals surface area contributed by atoms with Gasteiger partial charge >= 0.3 is 12.4 Å². The van der Waals surface area contributed by atoms with E-state index in [2.05, 4.69) is 19.9 Å². The molecule has 1 aromatic carbocycles. The van der Waals surface area contributed by atoms with E-state index < -0.39 is 33.1 Å². The number of anilines is 1. The minimum Gasteiger partial charge on any atom is -0.404 e. The van der Waals surface area contributed by atoms with Gasteiger partial charge in [0.25, 0.3) is 16.0 Å². The highest BCUT2D eigenvalue weighted by Gasteiger charge is 2.34.